The fraction of sp³-hybridized carbons (Fsp3) is 0.269. The van der Waals surface area contributed by atoms with E-state index in [0.717, 1.165) is 36.1 Å². The maximum absolute atomic E-state index is 12.9. The third-order valence-corrected chi connectivity index (χ3v) is 5.26. The number of pyridine rings is 1. The Morgan fingerprint density at radius 2 is 1.73 bits per heavy atom. The minimum Gasteiger partial charge on any atom is -0.397 e. The number of unbranched alkanes of at least 4 members (excludes halogenated alkanes) is 2. The monoisotopic (exact) mass is 445 g/mol. The first-order chi connectivity index (χ1) is 16.0. The molecule has 3 aromatic rings. The Morgan fingerprint density at radius 1 is 0.970 bits per heavy atom. The van der Waals surface area contributed by atoms with Crippen molar-refractivity contribution in [2.75, 3.05) is 22.9 Å². The highest BCUT2D eigenvalue weighted by Crippen LogP contribution is 2.18. The standard InChI is InChI=1S/C26H31N5O2/c1-3-4-7-16-31(26(33)29-21-13-10-19(2)11-14-21)18-20-12-15-24(28-17-20)25(32)30-23-9-6-5-8-22(23)27/h5-6,8-15,17H,3-4,7,16,18,27H2,1-2H3,(H,29,33)(H,30,32). The molecular weight excluding hydrogens is 414 g/mol. The molecule has 0 fully saturated rings. The summed E-state index contributed by atoms with van der Waals surface area (Å²) in [4.78, 5) is 31.5. The summed E-state index contributed by atoms with van der Waals surface area (Å²) in [5.41, 5.74) is 9.95. The number of hydrogen-bond donors (Lipinski definition) is 3. The van der Waals surface area contributed by atoms with Gasteiger partial charge in [-0.2, -0.15) is 0 Å². The molecule has 4 N–H and O–H groups in total. The molecule has 0 aliphatic carbocycles. The maximum atomic E-state index is 12.9. The summed E-state index contributed by atoms with van der Waals surface area (Å²) < 4.78 is 0. The minimum atomic E-state index is -0.337. The van der Waals surface area contributed by atoms with Crippen molar-refractivity contribution in [3.8, 4) is 0 Å². The number of nitrogens with two attached hydrogens (primary N) is 1. The number of aromatic nitrogens is 1. The number of nitrogens with zero attached hydrogens (tertiary/aromatic N) is 2. The molecule has 0 saturated heterocycles. The van der Waals surface area contributed by atoms with E-state index in [2.05, 4.69) is 22.5 Å². The van der Waals surface area contributed by atoms with Crippen molar-refractivity contribution >= 4 is 29.0 Å². The molecule has 3 rings (SSSR count). The molecule has 172 valence electrons. The zero-order valence-electron chi connectivity index (χ0n) is 19.2. The fourth-order valence-corrected chi connectivity index (χ4v) is 3.31. The van der Waals surface area contributed by atoms with Gasteiger partial charge in [0.05, 0.1) is 11.4 Å². The van der Waals surface area contributed by atoms with Gasteiger partial charge in [-0.25, -0.2) is 4.79 Å². The topological polar surface area (TPSA) is 100 Å². The number of anilines is 3. The minimum absolute atomic E-state index is 0.156. The maximum Gasteiger partial charge on any atom is 0.322 e. The Morgan fingerprint density at radius 3 is 2.39 bits per heavy atom. The van der Waals surface area contributed by atoms with Crippen molar-refractivity contribution in [1.82, 2.24) is 9.88 Å². The van der Waals surface area contributed by atoms with E-state index in [1.54, 1.807) is 41.4 Å². The number of carbonyl (C=O) groups is 2. The summed E-state index contributed by atoms with van der Waals surface area (Å²) >= 11 is 0. The second-order valence-electron chi connectivity index (χ2n) is 8.02. The number of aryl methyl sites for hydroxylation is 1. The van der Waals surface area contributed by atoms with Crippen LogP contribution in [0.3, 0.4) is 0 Å². The number of nitrogens with one attached hydrogen (secondary N) is 2. The van der Waals surface area contributed by atoms with Crippen LogP contribution in [0.2, 0.25) is 0 Å². The normalized spacial score (nSPS) is 10.5. The molecule has 0 radical (unpaired) electrons. The van der Waals surface area contributed by atoms with Gasteiger partial charge in [0.1, 0.15) is 5.69 Å². The summed E-state index contributed by atoms with van der Waals surface area (Å²) in [6.45, 7) is 5.19. The van der Waals surface area contributed by atoms with Gasteiger partial charge in [0.15, 0.2) is 0 Å². The Labute approximate surface area is 195 Å². The molecule has 3 amide bonds. The molecule has 33 heavy (non-hydrogen) atoms. The van der Waals surface area contributed by atoms with Crippen molar-refractivity contribution in [2.24, 2.45) is 0 Å². The van der Waals surface area contributed by atoms with Crippen LogP contribution in [0, 0.1) is 6.92 Å². The van der Waals surface area contributed by atoms with Crippen molar-refractivity contribution in [2.45, 2.75) is 39.7 Å². The zero-order valence-corrected chi connectivity index (χ0v) is 19.2. The lowest BCUT2D eigenvalue weighted by molar-refractivity contribution is 0.102. The van der Waals surface area contributed by atoms with Gasteiger partial charge in [0, 0.05) is 25.0 Å². The van der Waals surface area contributed by atoms with Crippen LogP contribution in [-0.4, -0.2) is 28.4 Å². The Hall–Kier alpha value is -3.87. The van der Waals surface area contributed by atoms with Crippen LogP contribution < -0.4 is 16.4 Å². The van der Waals surface area contributed by atoms with Gasteiger partial charge >= 0.3 is 6.03 Å². The predicted octanol–water partition coefficient (Wildman–Crippen LogP) is 5.45. The quantitative estimate of drug-likeness (QED) is 0.301. The van der Waals surface area contributed by atoms with Crippen LogP contribution in [0.5, 0.6) is 0 Å². The molecule has 2 aromatic carbocycles. The molecule has 1 aromatic heterocycles. The van der Waals surface area contributed by atoms with Gasteiger partial charge in [-0.3, -0.25) is 9.78 Å². The SMILES string of the molecule is CCCCCN(Cc1ccc(C(=O)Nc2ccccc2N)nc1)C(=O)Nc1ccc(C)cc1. The molecule has 0 aliphatic rings. The summed E-state index contributed by atoms with van der Waals surface area (Å²) in [6.07, 6.45) is 4.68. The summed E-state index contributed by atoms with van der Waals surface area (Å²) in [5.74, 6) is -0.337. The van der Waals surface area contributed by atoms with Crippen LogP contribution in [0.4, 0.5) is 21.9 Å². The lowest BCUT2D eigenvalue weighted by atomic mass is 10.2. The van der Waals surface area contributed by atoms with Crippen LogP contribution in [0.25, 0.3) is 0 Å². The van der Waals surface area contributed by atoms with Crippen molar-refractivity contribution in [1.29, 1.82) is 0 Å². The van der Waals surface area contributed by atoms with E-state index in [9.17, 15) is 9.59 Å². The van der Waals surface area contributed by atoms with Gasteiger partial charge in [-0.15, -0.1) is 0 Å². The van der Waals surface area contributed by atoms with E-state index in [4.69, 9.17) is 5.73 Å². The third-order valence-electron chi connectivity index (χ3n) is 5.26. The summed E-state index contributed by atoms with van der Waals surface area (Å²) in [7, 11) is 0. The van der Waals surface area contributed by atoms with E-state index in [1.807, 2.05) is 37.3 Å². The van der Waals surface area contributed by atoms with Crippen LogP contribution in [0.15, 0.2) is 66.9 Å². The predicted molar refractivity (Wildman–Crippen MR) is 133 cm³/mol. The zero-order chi connectivity index (χ0) is 23.6. The van der Waals surface area contributed by atoms with E-state index in [-0.39, 0.29) is 17.6 Å². The van der Waals surface area contributed by atoms with E-state index >= 15 is 0 Å². The number of urea groups is 1. The number of rotatable bonds is 9. The average molecular weight is 446 g/mol. The summed E-state index contributed by atoms with van der Waals surface area (Å²) in [5, 5.41) is 5.74. The first-order valence-corrected chi connectivity index (χ1v) is 11.2. The molecule has 0 unspecified atom stereocenters. The van der Waals surface area contributed by atoms with Gasteiger partial charge in [0.25, 0.3) is 5.91 Å². The first kappa shape index (κ1) is 23.8. The lowest BCUT2D eigenvalue weighted by Gasteiger charge is -2.23. The average Bonchev–Trinajstić information content (AvgIpc) is 2.82. The number of amides is 3. The van der Waals surface area contributed by atoms with E-state index in [1.165, 1.54) is 0 Å². The smallest absolute Gasteiger partial charge is 0.322 e. The highest BCUT2D eigenvalue weighted by atomic mass is 16.2. The van der Waals surface area contributed by atoms with E-state index in [0.29, 0.717) is 24.5 Å². The van der Waals surface area contributed by atoms with Crippen LogP contribution in [-0.2, 0) is 6.54 Å². The summed E-state index contributed by atoms with van der Waals surface area (Å²) in [6, 6.07) is 18.1. The van der Waals surface area contributed by atoms with Crippen molar-refractivity contribution in [3.05, 3.63) is 83.7 Å². The largest absolute Gasteiger partial charge is 0.397 e. The molecular formula is C26H31N5O2. The molecule has 7 nitrogen and oxygen atoms in total. The highest BCUT2D eigenvalue weighted by Gasteiger charge is 2.15. The first-order valence-electron chi connectivity index (χ1n) is 11.2. The molecule has 7 heteroatoms. The third kappa shape index (κ3) is 7.07. The fourth-order valence-electron chi connectivity index (χ4n) is 3.31. The van der Waals surface area contributed by atoms with Gasteiger partial charge in [0.2, 0.25) is 0 Å². The number of benzene rings is 2. The van der Waals surface area contributed by atoms with Crippen LogP contribution in [0.1, 0.15) is 47.8 Å². The number of carbonyl (C=O) groups excluding carboxylic acids is 2. The molecule has 0 bridgehead atoms. The second kappa shape index (κ2) is 11.7. The lowest BCUT2D eigenvalue weighted by Crippen LogP contribution is -2.35. The molecule has 0 aliphatic heterocycles. The second-order valence-corrected chi connectivity index (χ2v) is 8.02. The number of para-hydroxylation sites is 2. The number of hydrogen-bond acceptors (Lipinski definition) is 4. The molecule has 0 atom stereocenters. The molecule has 0 spiro atoms. The Kier molecular flexibility index (Phi) is 8.41. The number of nitrogen functional groups attached to an aromatic ring is 1. The van der Waals surface area contributed by atoms with Gasteiger partial charge in [-0.1, -0.05) is 55.7 Å². The Balaban J connectivity index is 1.66. The molecule has 0 saturated carbocycles. The van der Waals surface area contributed by atoms with Gasteiger partial charge in [-0.05, 0) is 49.2 Å². The van der Waals surface area contributed by atoms with Crippen molar-refractivity contribution in [3.63, 3.8) is 0 Å². The van der Waals surface area contributed by atoms with Gasteiger partial charge < -0.3 is 21.3 Å². The Bertz CT molecular complexity index is 1060. The molecule has 1 heterocycles. The van der Waals surface area contributed by atoms with E-state index < -0.39 is 0 Å². The highest BCUT2D eigenvalue weighted by molar-refractivity contribution is 6.04. The van der Waals surface area contributed by atoms with Crippen molar-refractivity contribution < 1.29 is 9.59 Å². The van der Waals surface area contributed by atoms with Crippen LogP contribution >= 0.6 is 0 Å².